The third kappa shape index (κ3) is 5.28. The summed E-state index contributed by atoms with van der Waals surface area (Å²) in [7, 11) is 0. The number of hydrogen-bond acceptors (Lipinski definition) is 4. The average Bonchev–Trinajstić information content (AvgIpc) is 3.07. The number of thiazole rings is 1. The van der Waals surface area contributed by atoms with Crippen LogP contribution >= 0.6 is 22.9 Å². The quantitative estimate of drug-likeness (QED) is 0.632. The summed E-state index contributed by atoms with van der Waals surface area (Å²) >= 11 is 7.58. The molecule has 2 N–H and O–H groups in total. The van der Waals surface area contributed by atoms with Gasteiger partial charge in [-0.25, -0.2) is 4.98 Å². The van der Waals surface area contributed by atoms with Crippen LogP contribution in [0.25, 0.3) is 10.2 Å². The van der Waals surface area contributed by atoms with Crippen LogP contribution < -0.4 is 10.6 Å². The molecule has 1 aromatic heterocycles. The normalized spacial score (nSPS) is 11.9. The maximum atomic E-state index is 12.3. The summed E-state index contributed by atoms with van der Waals surface area (Å²) in [4.78, 5) is 28.8. The number of hydrogen-bond donors (Lipinski definition) is 2. The largest absolute Gasteiger partial charge is 0.351 e. The highest BCUT2D eigenvalue weighted by atomic mass is 35.5. The SMILES string of the molecule is CCC(=O)N[C@H](CNC(=O)c1ccccc1)Cc1nc2ccc(Cl)cc2s1. The highest BCUT2D eigenvalue weighted by Gasteiger charge is 2.17. The van der Waals surface area contributed by atoms with Gasteiger partial charge in [-0.1, -0.05) is 36.7 Å². The molecule has 0 bridgehead atoms. The molecule has 0 aliphatic rings. The van der Waals surface area contributed by atoms with Gasteiger partial charge in [-0.05, 0) is 30.3 Å². The topological polar surface area (TPSA) is 71.1 Å². The molecule has 7 heteroatoms. The van der Waals surface area contributed by atoms with Gasteiger partial charge in [0.15, 0.2) is 0 Å². The minimum atomic E-state index is -0.235. The highest BCUT2D eigenvalue weighted by Crippen LogP contribution is 2.26. The molecule has 2 amide bonds. The first-order chi connectivity index (χ1) is 13.0. The van der Waals surface area contributed by atoms with Crippen LogP contribution in [0.4, 0.5) is 0 Å². The van der Waals surface area contributed by atoms with Crippen LogP contribution in [0.2, 0.25) is 5.02 Å². The van der Waals surface area contributed by atoms with Crippen molar-refractivity contribution in [1.29, 1.82) is 0 Å². The average molecular weight is 402 g/mol. The molecule has 3 rings (SSSR count). The Kier molecular flexibility index (Phi) is 6.42. The summed E-state index contributed by atoms with van der Waals surface area (Å²) < 4.78 is 1.01. The van der Waals surface area contributed by atoms with Crippen molar-refractivity contribution in [3.05, 3.63) is 64.1 Å². The highest BCUT2D eigenvalue weighted by molar-refractivity contribution is 7.18. The number of carbonyl (C=O) groups excluding carboxylic acids is 2. The molecule has 1 atom stereocenters. The van der Waals surface area contributed by atoms with Gasteiger partial charge >= 0.3 is 0 Å². The first kappa shape index (κ1) is 19.3. The van der Waals surface area contributed by atoms with E-state index in [1.807, 2.05) is 36.4 Å². The Morgan fingerprint density at radius 3 is 2.70 bits per heavy atom. The van der Waals surface area contributed by atoms with Gasteiger partial charge in [0.05, 0.1) is 21.3 Å². The minimum Gasteiger partial charge on any atom is -0.351 e. The van der Waals surface area contributed by atoms with E-state index in [-0.39, 0.29) is 17.9 Å². The standard InChI is InChI=1S/C20H20ClN3O2S/c1-2-18(25)23-15(12-22-20(26)13-6-4-3-5-7-13)11-19-24-16-9-8-14(21)10-17(16)27-19/h3-10,15H,2,11-12H2,1H3,(H,22,26)(H,23,25)/t15-/m0/s1. The molecule has 0 fully saturated rings. The smallest absolute Gasteiger partial charge is 0.251 e. The van der Waals surface area contributed by atoms with Gasteiger partial charge < -0.3 is 10.6 Å². The lowest BCUT2D eigenvalue weighted by molar-refractivity contribution is -0.121. The van der Waals surface area contributed by atoms with Gasteiger partial charge in [-0.15, -0.1) is 11.3 Å². The van der Waals surface area contributed by atoms with Crippen molar-refractivity contribution in [3.63, 3.8) is 0 Å². The number of nitrogens with zero attached hydrogens (tertiary/aromatic N) is 1. The number of aromatic nitrogens is 1. The van der Waals surface area contributed by atoms with Crippen molar-refractivity contribution in [2.75, 3.05) is 6.54 Å². The van der Waals surface area contributed by atoms with Crippen molar-refractivity contribution in [2.45, 2.75) is 25.8 Å². The second-order valence-corrected chi connectivity index (χ2v) is 7.67. The number of rotatable bonds is 7. The fraction of sp³-hybridized carbons (Fsp3) is 0.250. The molecule has 1 heterocycles. The van der Waals surface area contributed by atoms with E-state index in [0.29, 0.717) is 30.0 Å². The summed E-state index contributed by atoms with van der Waals surface area (Å²) in [6.45, 7) is 2.13. The van der Waals surface area contributed by atoms with E-state index < -0.39 is 0 Å². The fourth-order valence-corrected chi connectivity index (χ4v) is 3.98. The molecule has 0 saturated heterocycles. The zero-order valence-electron chi connectivity index (χ0n) is 14.9. The third-order valence-corrected chi connectivity index (χ3v) is 5.32. The summed E-state index contributed by atoms with van der Waals surface area (Å²) in [5.74, 6) is -0.222. The van der Waals surface area contributed by atoms with E-state index in [2.05, 4.69) is 15.6 Å². The predicted molar refractivity (Wildman–Crippen MR) is 109 cm³/mol. The van der Waals surface area contributed by atoms with Crippen molar-refractivity contribution in [2.24, 2.45) is 0 Å². The van der Waals surface area contributed by atoms with Crippen LogP contribution in [0.1, 0.15) is 28.7 Å². The molecule has 0 spiro atoms. The molecule has 27 heavy (non-hydrogen) atoms. The first-order valence-electron chi connectivity index (χ1n) is 8.72. The van der Waals surface area contributed by atoms with E-state index in [9.17, 15) is 9.59 Å². The molecule has 5 nitrogen and oxygen atoms in total. The van der Waals surface area contributed by atoms with Gasteiger partial charge in [0.2, 0.25) is 5.91 Å². The fourth-order valence-electron chi connectivity index (χ4n) is 2.66. The third-order valence-electron chi connectivity index (χ3n) is 4.05. The summed E-state index contributed by atoms with van der Waals surface area (Å²) in [6, 6.07) is 14.3. The van der Waals surface area contributed by atoms with Crippen molar-refractivity contribution in [3.8, 4) is 0 Å². The van der Waals surface area contributed by atoms with Crippen LogP contribution in [0.15, 0.2) is 48.5 Å². The van der Waals surface area contributed by atoms with Gasteiger partial charge in [0.25, 0.3) is 5.91 Å². The van der Waals surface area contributed by atoms with Gasteiger partial charge in [0.1, 0.15) is 0 Å². The lowest BCUT2D eigenvalue weighted by Gasteiger charge is -2.18. The van der Waals surface area contributed by atoms with Crippen molar-refractivity contribution < 1.29 is 9.59 Å². The molecular weight excluding hydrogens is 382 g/mol. The van der Waals surface area contributed by atoms with Gasteiger partial charge in [-0.3, -0.25) is 9.59 Å². The van der Waals surface area contributed by atoms with Gasteiger partial charge in [-0.2, -0.15) is 0 Å². The number of nitrogens with one attached hydrogen (secondary N) is 2. The maximum Gasteiger partial charge on any atom is 0.251 e. The molecule has 3 aromatic rings. The molecule has 0 aliphatic carbocycles. The Hall–Kier alpha value is -2.44. The number of fused-ring (bicyclic) bond motifs is 1. The molecule has 0 unspecified atom stereocenters. The first-order valence-corrected chi connectivity index (χ1v) is 9.92. The minimum absolute atomic E-state index is 0.0573. The second-order valence-electron chi connectivity index (χ2n) is 6.12. The maximum absolute atomic E-state index is 12.3. The summed E-state index contributed by atoms with van der Waals surface area (Å²) in [6.07, 6.45) is 0.927. The van der Waals surface area contributed by atoms with Crippen molar-refractivity contribution in [1.82, 2.24) is 15.6 Å². The van der Waals surface area contributed by atoms with Crippen LogP contribution in [0.3, 0.4) is 0 Å². The lowest BCUT2D eigenvalue weighted by atomic mass is 10.1. The number of amides is 2. The molecule has 0 aliphatic heterocycles. The van der Waals surface area contributed by atoms with E-state index >= 15 is 0 Å². The van der Waals surface area contributed by atoms with Crippen LogP contribution in [-0.2, 0) is 11.2 Å². The zero-order chi connectivity index (χ0) is 19.2. The predicted octanol–water partition coefficient (Wildman–Crippen LogP) is 3.82. The molecule has 2 aromatic carbocycles. The Morgan fingerprint density at radius 1 is 1.19 bits per heavy atom. The van der Waals surface area contributed by atoms with Crippen LogP contribution in [-0.4, -0.2) is 29.4 Å². The summed E-state index contributed by atoms with van der Waals surface area (Å²) in [5, 5.41) is 7.42. The molecule has 0 saturated carbocycles. The van der Waals surface area contributed by atoms with Crippen LogP contribution in [0, 0.1) is 0 Å². The Bertz CT molecular complexity index is 943. The van der Waals surface area contributed by atoms with Crippen LogP contribution in [0.5, 0.6) is 0 Å². The molecule has 140 valence electrons. The van der Waals surface area contributed by atoms with E-state index in [0.717, 1.165) is 15.2 Å². The Balaban J connectivity index is 1.70. The number of benzene rings is 2. The number of carbonyl (C=O) groups is 2. The van der Waals surface area contributed by atoms with E-state index in [1.54, 1.807) is 30.4 Å². The van der Waals surface area contributed by atoms with Crippen molar-refractivity contribution >= 4 is 45.0 Å². The van der Waals surface area contributed by atoms with E-state index in [1.165, 1.54) is 0 Å². The Labute approximate surface area is 166 Å². The molecule has 0 radical (unpaired) electrons. The zero-order valence-corrected chi connectivity index (χ0v) is 16.4. The monoisotopic (exact) mass is 401 g/mol. The van der Waals surface area contributed by atoms with Gasteiger partial charge in [0, 0.05) is 30.0 Å². The molecular formula is C20H20ClN3O2S. The lowest BCUT2D eigenvalue weighted by Crippen LogP contribution is -2.44. The summed E-state index contributed by atoms with van der Waals surface area (Å²) in [5.41, 5.74) is 1.47. The Morgan fingerprint density at radius 2 is 1.96 bits per heavy atom. The second kappa shape index (κ2) is 8.97. The van der Waals surface area contributed by atoms with E-state index in [4.69, 9.17) is 11.6 Å². The number of halogens is 1.